The first-order valence-electron chi connectivity index (χ1n) is 8.61. The molecule has 0 radical (unpaired) electrons. The Balaban J connectivity index is 1.81. The average molecular weight is 380 g/mol. The number of H-pyrrole nitrogens is 1. The maximum Gasteiger partial charge on any atom is 0.328 e. The standard InChI is InChI=1S/C20H17FN4O3/c1-2-28-20(27)17(7-12-3-5-14(21)6-4-12)25-19(26)16-9-13-8-15(10-22)23-11-18(13)24-16/h3-6,8-9,11,17,24H,2,7H2,1H3,(H,25,26). The molecule has 8 heteroatoms. The number of nitrogens with one attached hydrogen (secondary N) is 2. The maximum atomic E-state index is 13.1. The Morgan fingerprint density at radius 2 is 2.07 bits per heavy atom. The lowest BCUT2D eigenvalue weighted by atomic mass is 10.1. The minimum atomic E-state index is -0.933. The summed E-state index contributed by atoms with van der Waals surface area (Å²) in [7, 11) is 0. The molecule has 3 aromatic rings. The molecule has 1 atom stereocenters. The first kappa shape index (κ1) is 19.0. The molecule has 142 valence electrons. The van der Waals surface area contributed by atoms with Crippen LogP contribution in [0.15, 0.2) is 42.6 Å². The van der Waals surface area contributed by atoms with Crippen LogP contribution in [0.25, 0.3) is 10.9 Å². The summed E-state index contributed by atoms with van der Waals surface area (Å²) in [6.45, 7) is 1.84. The van der Waals surface area contributed by atoms with Crippen LogP contribution in [0.4, 0.5) is 4.39 Å². The van der Waals surface area contributed by atoms with Crippen molar-refractivity contribution in [1.29, 1.82) is 5.26 Å². The molecule has 0 fully saturated rings. The van der Waals surface area contributed by atoms with E-state index < -0.39 is 17.9 Å². The topological polar surface area (TPSA) is 108 Å². The molecule has 0 aliphatic rings. The number of benzene rings is 1. The Bertz CT molecular complexity index is 1050. The molecule has 2 aromatic heterocycles. The van der Waals surface area contributed by atoms with Gasteiger partial charge in [0.05, 0.1) is 18.3 Å². The number of amides is 1. The number of aromatic nitrogens is 2. The average Bonchev–Trinajstić information content (AvgIpc) is 3.12. The summed E-state index contributed by atoms with van der Waals surface area (Å²) < 4.78 is 18.1. The van der Waals surface area contributed by atoms with Crippen molar-refractivity contribution in [3.8, 4) is 6.07 Å². The lowest BCUT2D eigenvalue weighted by Crippen LogP contribution is -2.43. The van der Waals surface area contributed by atoms with Crippen molar-refractivity contribution >= 4 is 22.8 Å². The van der Waals surface area contributed by atoms with Gasteiger partial charge in [0.1, 0.15) is 29.3 Å². The van der Waals surface area contributed by atoms with E-state index in [9.17, 15) is 14.0 Å². The van der Waals surface area contributed by atoms with E-state index in [1.54, 1.807) is 31.2 Å². The normalized spacial score (nSPS) is 11.6. The van der Waals surface area contributed by atoms with Crippen molar-refractivity contribution in [1.82, 2.24) is 15.3 Å². The van der Waals surface area contributed by atoms with E-state index in [1.165, 1.54) is 18.3 Å². The van der Waals surface area contributed by atoms with Crippen molar-refractivity contribution in [3.63, 3.8) is 0 Å². The lowest BCUT2D eigenvalue weighted by Gasteiger charge is -2.17. The van der Waals surface area contributed by atoms with Crippen LogP contribution >= 0.6 is 0 Å². The van der Waals surface area contributed by atoms with E-state index in [0.29, 0.717) is 16.5 Å². The highest BCUT2D eigenvalue weighted by Gasteiger charge is 2.24. The molecule has 0 aliphatic heterocycles. The smallest absolute Gasteiger partial charge is 0.328 e. The number of halogens is 1. The zero-order valence-electron chi connectivity index (χ0n) is 15.0. The predicted octanol–water partition coefficient (Wildman–Crippen LogP) is 2.48. The number of carbonyl (C=O) groups is 2. The summed E-state index contributed by atoms with van der Waals surface area (Å²) in [6, 6.07) is 9.81. The maximum absolute atomic E-state index is 13.1. The number of aromatic amines is 1. The fourth-order valence-corrected chi connectivity index (χ4v) is 2.74. The van der Waals surface area contributed by atoms with E-state index in [1.807, 2.05) is 6.07 Å². The number of rotatable bonds is 6. The van der Waals surface area contributed by atoms with E-state index in [2.05, 4.69) is 15.3 Å². The van der Waals surface area contributed by atoms with Crippen LogP contribution in [-0.2, 0) is 16.0 Å². The zero-order valence-corrected chi connectivity index (χ0v) is 15.0. The van der Waals surface area contributed by atoms with Crippen LogP contribution in [-0.4, -0.2) is 34.5 Å². The predicted molar refractivity (Wildman–Crippen MR) is 98.8 cm³/mol. The van der Waals surface area contributed by atoms with Crippen molar-refractivity contribution in [2.24, 2.45) is 0 Å². The van der Waals surface area contributed by atoms with Crippen LogP contribution in [0, 0.1) is 17.1 Å². The summed E-state index contributed by atoms with van der Waals surface area (Å²) in [5, 5.41) is 12.2. The van der Waals surface area contributed by atoms with Crippen LogP contribution < -0.4 is 5.32 Å². The van der Waals surface area contributed by atoms with E-state index in [-0.39, 0.29) is 30.2 Å². The van der Waals surface area contributed by atoms with Gasteiger partial charge in [-0.3, -0.25) is 4.79 Å². The largest absolute Gasteiger partial charge is 0.464 e. The summed E-state index contributed by atoms with van der Waals surface area (Å²) in [4.78, 5) is 31.8. The van der Waals surface area contributed by atoms with Gasteiger partial charge in [-0.25, -0.2) is 14.2 Å². The van der Waals surface area contributed by atoms with Crippen LogP contribution in [0.3, 0.4) is 0 Å². The van der Waals surface area contributed by atoms with Crippen molar-refractivity contribution < 1.29 is 18.7 Å². The fraction of sp³-hybridized carbons (Fsp3) is 0.200. The lowest BCUT2D eigenvalue weighted by molar-refractivity contribution is -0.145. The Hall–Kier alpha value is -3.73. The van der Waals surface area contributed by atoms with Crippen LogP contribution in [0.2, 0.25) is 0 Å². The van der Waals surface area contributed by atoms with Gasteiger partial charge in [0.15, 0.2) is 0 Å². The number of pyridine rings is 1. The molecule has 2 N–H and O–H groups in total. The Morgan fingerprint density at radius 1 is 1.32 bits per heavy atom. The highest BCUT2D eigenvalue weighted by Crippen LogP contribution is 2.16. The van der Waals surface area contributed by atoms with Gasteiger partial charge in [-0.05, 0) is 36.8 Å². The monoisotopic (exact) mass is 380 g/mol. The summed E-state index contributed by atoms with van der Waals surface area (Å²) in [5.74, 6) is -1.47. The number of hydrogen-bond donors (Lipinski definition) is 2. The van der Waals surface area contributed by atoms with Crippen LogP contribution in [0.1, 0.15) is 28.7 Å². The number of carbonyl (C=O) groups excluding carboxylic acids is 2. The number of esters is 1. The number of fused-ring (bicyclic) bond motifs is 1. The van der Waals surface area contributed by atoms with Crippen molar-refractivity contribution in [2.45, 2.75) is 19.4 Å². The van der Waals surface area contributed by atoms with Gasteiger partial charge in [-0.2, -0.15) is 5.26 Å². The number of ether oxygens (including phenoxy) is 1. The van der Waals surface area contributed by atoms with Crippen molar-refractivity contribution in [2.75, 3.05) is 6.61 Å². The highest BCUT2D eigenvalue weighted by molar-refractivity contribution is 5.99. The van der Waals surface area contributed by atoms with Gasteiger partial charge < -0.3 is 15.0 Å². The van der Waals surface area contributed by atoms with Gasteiger partial charge >= 0.3 is 5.97 Å². The molecule has 7 nitrogen and oxygen atoms in total. The van der Waals surface area contributed by atoms with Gasteiger partial charge in [0.25, 0.3) is 5.91 Å². The Kier molecular flexibility index (Phi) is 5.65. The number of nitriles is 1. The SMILES string of the molecule is CCOC(=O)C(Cc1ccc(F)cc1)NC(=O)c1cc2cc(C#N)ncc2[nH]1. The molecule has 1 unspecified atom stereocenters. The summed E-state index contributed by atoms with van der Waals surface area (Å²) in [6.07, 6.45) is 1.62. The molecule has 1 aromatic carbocycles. The molecule has 2 heterocycles. The minimum absolute atomic E-state index is 0.158. The minimum Gasteiger partial charge on any atom is -0.464 e. The quantitative estimate of drug-likeness (QED) is 0.639. The van der Waals surface area contributed by atoms with Gasteiger partial charge in [0.2, 0.25) is 0 Å². The molecular weight excluding hydrogens is 363 g/mol. The molecule has 0 saturated heterocycles. The third-order valence-electron chi connectivity index (χ3n) is 4.09. The summed E-state index contributed by atoms with van der Waals surface area (Å²) >= 11 is 0. The first-order chi connectivity index (χ1) is 13.5. The second-order valence-electron chi connectivity index (χ2n) is 6.06. The summed E-state index contributed by atoms with van der Waals surface area (Å²) in [5.41, 5.74) is 1.73. The van der Waals surface area contributed by atoms with Crippen LogP contribution in [0.5, 0.6) is 0 Å². The van der Waals surface area contributed by atoms with Gasteiger partial charge in [0, 0.05) is 11.8 Å². The van der Waals surface area contributed by atoms with Gasteiger partial charge in [-0.15, -0.1) is 0 Å². The van der Waals surface area contributed by atoms with E-state index >= 15 is 0 Å². The third kappa shape index (κ3) is 4.32. The molecule has 1 amide bonds. The van der Waals surface area contributed by atoms with E-state index in [0.717, 1.165) is 0 Å². The molecule has 28 heavy (non-hydrogen) atoms. The number of hydrogen-bond acceptors (Lipinski definition) is 5. The highest BCUT2D eigenvalue weighted by atomic mass is 19.1. The fourth-order valence-electron chi connectivity index (χ4n) is 2.74. The second kappa shape index (κ2) is 8.31. The first-order valence-corrected chi connectivity index (χ1v) is 8.61. The molecule has 3 rings (SSSR count). The van der Waals surface area contributed by atoms with Crippen molar-refractivity contribution in [3.05, 3.63) is 65.4 Å². The third-order valence-corrected chi connectivity index (χ3v) is 4.09. The molecule has 0 saturated carbocycles. The molecule has 0 spiro atoms. The Labute approximate surface area is 160 Å². The van der Waals surface area contributed by atoms with Gasteiger partial charge in [-0.1, -0.05) is 12.1 Å². The molecule has 0 aliphatic carbocycles. The second-order valence-corrected chi connectivity index (χ2v) is 6.06. The molecule has 0 bridgehead atoms. The zero-order chi connectivity index (χ0) is 20.1. The Morgan fingerprint density at radius 3 is 2.75 bits per heavy atom. The van der Waals surface area contributed by atoms with E-state index in [4.69, 9.17) is 10.00 Å². The number of nitrogens with zero attached hydrogens (tertiary/aromatic N) is 2. The molecular formula is C20H17FN4O3.